The van der Waals surface area contributed by atoms with Crippen LogP contribution >= 0.6 is 0 Å². The molecule has 2 aromatic rings. The van der Waals surface area contributed by atoms with Gasteiger partial charge in [-0.1, -0.05) is 6.07 Å². The number of hydrogen-bond donors (Lipinski definition) is 1. The summed E-state index contributed by atoms with van der Waals surface area (Å²) in [5.74, 6) is 0. The second-order valence-corrected chi connectivity index (χ2v) is 3.47. The van der Waals surface area contributed by atoms with Crippen LogP contribution in [0, 0.1) is 11.3 Å². The number of benzene rings is 1. The van der Waals surface area contributed by atoms with Crippen LogP contribution in [0.3, 0.4) is 0 Å². The maximum Gasteiger partial charge on any atom is 0.0992 e. The van der Waals surface area contributed by atoms with Crippen molar-refractivity contribution in [1.82, 2.24) is 4.57 Å². The molecule has 0 aliphatic heterocycles. The van der Waals surface area contributed by atoms with Gasteiger partial charge in [-0.3, -0.25) is 0 Å². The van der Waals surface area contributed by atoms with Gasteiger partial charge < -0.3 is 9.67 Å². The molecule has 1 N–H and O–H groups in total. The molecule has 0 amide bonds. The molecule has 0 spiro atoms. The van der Waals surface area contributed by atoms with Gasteiger partial charge in [-0.15, -0.1) is 0 Å². The van der Waals surface area contributed by atoms with Crippen LogP contribution in [-0.2, 0) is 6.54 Å². The van der Waals surface area contributed by atoms with E-state index < -0.39 is 0 Å². The summed E-state index contributed by atoms with van der Waals surface area (Å²) in [4.78, 5) is 0. The van der Waals surface area contributed by atoms with Crippen molar-refractivity contribution >= 4 is 10.9 Å². The van der Waals surface area contributed by atoms with E-state index in [0.29, 0.717) is 5.56 Å². The molecule has 0 unspecified atom stereocenters. The molecule has 15 heavy (non-hydrogen) atoms. The largest absolute Gasteiger partial charge is 0.396 e. The molecule has 0 aliphatic rings. The summed E-state index contributed by atoms with van der Waals surface area (Å²) < 4.78 is 2.06. The van der Waals surface area contributed by atoms with Gasteiger partial charge in [-0.25, -0.2) is 0 Å². The van der Waals surface area contributed by atoms with E-state index in [4.69, 9.17) is 10.4 Å². The van der Waals surface area contributed by atoms with Gasteiger partial charge in [0.25, 0.3) is 0 Å². The van der Waals surface area contributed by atoms with Crippen molar-refractivity contribution in [1.29, 1.82) is 5.26 Å². The van der Waals surface area contributed by atoms with Crippen LogP contribution in [0.25, 0.3) is 10.9 Å². The first kappa shape index (κ1) is 9.75. The number of nitriles is 1. The van der Waals surface area contributed by atoms with E-state index >= 15 is 0 Å². The summed E-state index contributed by atoms with van der Waals surface area (Å²) in [7, 11) is 0. The van der Waals surface area contributed by atoms with Crippen LogP contribution in [0.15, 0.2) is 30.5 Å². The minimum Gasteiger partial charge on any atom is -0.396 e. The fraction of sp³-hybridized carbons (Fsp3) is 0.250. The highest BCUT2D eigenvalue weighted by Gasteiger charge is 2.01. The summed E-state index contributed by atoms with van der Waals surface area (Å²) in [5, 5.41) is 18.7. The van der Waals surface area contributed by atoms with Crippen molar-refractivity contribution in [3.63, 3.8) is 0 Å². The molecule has 0 saturated heterocycles. The zero-order valence-electron chi connectivity index (χ0n) is 8.35. The fourth-order valence-electron chi connectivity index (χ4n) is 1.69. The molecule has 0 aliphatic carbocycles. The minimum absolute atomic E-state index is 0.192. The van der Waals surface area contributed by atoms with Gasteiger partial charge in [0.1, 0.15) is 0 Å². The molecular weight excluding hydrogens is 188 g/mol. The lowest BCUT2D eigenvalue weighted by molar-refractivity contribution is 0.280. The zero-order valence-corrected chi connectivity index (χ0v) is 8.35. The minimum atomic E-state index is 0.192. The average Bonchev–Trinajstić information content (AvgIpc) is 2.68. The number of aromatic nitrogens is 1. The van der Waals surface area contributed by atoms with Crippen LogP contribution in [0.4, 0.5) is 0 Å². The lowest BCUT2D eigenvalue weighted by atomic mass is 10.2. The standard InChI is InChI=1S/C12H12N2O/c13-9-10-2-3-11-4-6-14(5-1-7-15)12(11)8-10/h2-4,6,8,15H,1,5,7H2. The lowest BCUT2D eigenvalue weighted by Gasteiger charge is -2.03. The summed E-state index contributed by atoms with van der Waals surface area (Å²) in [6, 6.07) is 9.80. The Bertz CT molecular complexity index is 508. The van der Waals surface area contributed by atoms with Gasteiger partial charge in [0.15, 0.2) is 0 Å². The number of rotatable bonds is 3. The highest BCUT2D eigenvalue weighted by Crippen LogP contribution is 2.17. The average molecular weight is 200 g/mol. The third-order valence-corrected chi connectivity index (χ3v) is 2.46. The van der Waals surface area contributed by atoms with Crippen LogP contribution in [-0.4, -0.2) is 16.3 Å². The molecule has 0 atom stereocenters. The van der Waals surface area contributed by atoms with E-state index in [0.717, 1.165) is 23.9 Å². The smallest absolute Gasteiger partial charge is 0.0992 e. The van der Waals surface area contributed by atoms with E-state index in [-0.39, 0.29) is 6.61 Å². The van der Waals surface area contributed by atoms with Crippen molar-refractivity contribution < 1.29 is 5.11 Å². The maximum absolute atomic E-state index is 8.80. The van der Waals surface area contributed by atoms with Gasteiger partial charge in [0.05, 0.1) is 11.6 Å². The number of aryl methyl sites for hydroxylation is 1. The van der Waals surface area contributed by atoms with Crippen molar-refractivity contribution in [3.8, 4) is 6.07 Å². The summed E-state index contributed by atoms with van der Waals surface area (Å²) in [5.41, 5.74) is 1.73. The predicted octanol–water partition coefficient (Wildman–Crippen LogP) is 1.90. The van der Waals surface area contributed by atoms with Crippen LogP contribution in [0.5, 0.6) is 0 Å². The van der Waals surface area contributed by atoms with Crippen molar-refractivity contribution in [2.45, 2.75) is 13.0 Å². The van der Waals surface area contributed by atoms with E-state index in [1.54, 1.807) is 0 Å². The molecule has 1 aromatic carbocycles. The lowest BCUT2D eigenvalue weighted by Crippen LogP contribution is -1.98. The second kappa shape index (κ2) is 4.16. The number of fused-ring (bicyclic) bond motifs is 1. The zero-order chi connectivity index (χ0) is 10.7. The highest BCUT2D eigenvalue weighted by atomic mass is 16.3. The molecular formula is C12H12N2O. The normalized spacial score (nSPS) is 10.4. The third-order valence-electron chi connectivity index (χ3n) is 2.46. The molecule has 0 saturated carbocycles. The molecule has 0 bridgehead atoms. The van der Waals surface area contributed by atoms with Gasteiger partial charge in [-0.05, 0) is 30.0 Å². The molecule has 1 heterocycles. The van der Waals surface area contributed by atoms with Crippen LogP contribution < -0.4 is 0 Å². The molecule has 0 fully saturated rings. The Hall–Kier alpha value is -1.79. The van der Waals surface area contributed by atoms with Gasteiger partial charge in [0.2, 0.25) is 0 Å². The first-order valence-electron chi connectivity index (χ1n) is 4.95. The van der Waals surface area contributed by atoms with Gasteiger partial charge in [0, 0.05) is 24.9 Å². The van der Waals surface area contributed by atoms with E-state index in [9.17, 15) is 0 Å². The Kier molecular flexibility index (Phi) is 2.70. The Morgan fingerprint density at radius 2 is 2.20 bits per heavy atom. The summed E-state index contributed by atoms with van der Waals surface area (Å²) in [6.45, 7) is 0.979. The Morgan fingerprint density at radius 3 is 2.93 bits per heavy atom. The monoisotopic (exact) mass is 200 g/mol. The molecule has 76 valence electrons. The van der Waals surface area contributed by atoms with Crippen molar-refractivity contribution in [3.05, 3.63) is 36.0 Å². The molecule has 2 rings (SSSR count). The molecule has 3 heteroatoms. The van der Waals surface area contributed by atoms with E-state index in [2.05, 4.69) is 10.6 Å². The van der Waals surface area contributed by atoms with Crippen molar-refractivity contribution in [2.75, 3.05) is 6.61 Å². The number of nitrogens with zero attached hydrogens (tertiary/aromatic N) is 2. The quantitative estimate of drug-likeness (QED) is 0.822. The van der Waals surface area contributed by atoms with Crippen LogP contribution in [0.1, 0.15) is 12.0 Å². The first-order valence-corrected chi connectivity index (χ1v) is 4.95. The molecule has 1 aromatic heterocycles. The van der Waals surface area contributed by atoms with Crippen LogP contribution in [0.2, 0.25) is 0 Å². The topological polar surface area (TPSA) is 49.0 Å². The first-order chi connectivity index (χ1) is 7.35. The maximum atomic E-state index is 8.80. The third kappa shape index (κ3) is 1.85. The Balaban J connectivity index is 2.43. The summed E-state index contributed by atoms with van der Waals surface area (Å²) in [6.07, 6.45) is 2.72. The number of aliphatic hydroxyl groups excluding tert-OH is 1. The Morgan fingerprint density at radius 1 is 1.33 bits per heavy atom. The predicted molar refractivity (Wildman–Crippen MR) is 58.4 cm³/mol. The van der Waals surface area contributed by atoms with E-state index in [1.807, 2.05) is 30.5 Å². The second-order valence-electron chi connectivity index (χ2n) is 3.47. The SMILES string of the molecule is N#Cc1ccc2ccn(CCCO)c2c1. The van der Waals surface area contributed by atoms with Gasteiger partial charge in [-0.2, -0.15) is 5.26 Å². The highest BCUT2D eigenvalue weighted by molar-refractivity contribution is 5.81. The van der Waals surface area contributed by atoms with Gasteiger partial charge >= 0.3 is 0 Å². The fourth-order valence-corrected chi connectivity index (χ4v) is 1.69. The number of hydrogen-bond acceptors (Lipinski definition) is 2. The number of aliphatic hydroxyl groups is 1. The molecule has 0 radical (unpaired) electrons. The summed E-state index contributed by atoms with van der Waals surface area (Å²) >= 11 is 0. The Labute approximate surface area is 88.2 Å². The molecule has 3 nitrogen and oxygen atoms in total. The van der Waals surface area contributed by atoms with E-state index in [1.165, 1.54) is 0 Å². The van der Waals surface area contributed by atoms with Crippen molar-refractivity contribution in [2.24, 2.45) is 0 Å².